The van der Waals surface area contributed by atoms with Gasteiger partial charge < -0.3 is 4.74 Å². The Balaban J connectivity index is 1.93. The molecule has 1 aromatic heterocycles. The summed E-state index contributed by atoms with van der Waals surface area (Å²) in [5, 5.41) is 0.505. The predicted molar refractivity (Wildman–Crippen MR) is 91.9 cm³/mol. The van der Waals surface area contributed by atoms with Crippen molar-refractivity contribution in [1.29, 1.82) is 0 Å². The second kappa shape index (κ2) is 5.67. The van der Waals surface area contributed by atoms with E-state index in [1.165, 1.54) is 5.56 Å². The van der Waals surface area contributed by atoms with Crippen molar-refractivity contribution in [2.24, 2.45) is 0 Å². The van der Waals surface area contributed by atoms with E-state index in [-0.39, 0.29) is 0 Å². The zero-order valence-corrected chi connectivity index (χ0v) is 13.5. The first kappa shape index (κ1) is 14.2. The lowest BCUT2D eigenvalue weighted by Crippen LogP contribution is -2.02. The Labute approximate surface area is 139 Å². The van der Waals surface area contributed by atoms with Crippen LogP contribution in [-0.4, -0.2) is 16.6 Å². The third-order valence-electron chi connectivity index (χ3n) is 4.02. The Kier molecular flexibility index (Phi) is 3.50. The number of hydrogen-bond donors (Lipinski definition) is 0. The van der Waals surface area contributed by atoms with Gasteiger partial charge in [0.2, 0.25) is 0 Å². The van der Waals surface area contributed by atoms with E-state index in [1.807, 2.05) is 36.4 Å². The molecule has 1 aliphatic heterocycles. The molecular formula is C19H15ClN2O. The van der Waals surface area contributed by atoms with Gasteiger partial charge in [0.15, 0.2) is 5.82 Å². The molecule has 3 aromatic rings. The van der Waals surface area contributed by atoms with E-state index in [0.29, 0.717) is 24.0 Å². The van der Waals surface area contributed by atoms with Crippen LogP contribution in [0.4, 0.5) is 0 Å². The monoisotopic (exact) mass is 322 g/mol. The standard InChI is InChI=1S/C19H15ClN2O/c1-12-6-8-13(9-7-12)19-21-17-14-4-2-3-5-16(14)23-11-10-15(17)18(20)22-19/h2-9H,10-11H2,1H3. The molecule has 0 unspecified atom stereocenters. The number of ether oxygens (including phenoxy) is 1. The molecule has 0 amide bonds. The van der Waals surface area contributed by atoms with Gasteiger partial charge in [-0.3, -0.25) is 0 Å². The van der Waals surface area contributed by atoms with Gasteiger partial charge in [0.05, 0.1) is 12.3 Å². The third kappa shape index (κ3) is 2.57. The fraction of sp³-hybridized carbons (Fsp3) is 0.158. The zero-order valence-electron chi connectivity index (χ0n) is 12.7. The summed E-state index contributed by atoms with van der Waals surface area (Å²) in [5.74, 6) is 1.49. The maximum atomic E-state index is 6.46. The number of nitrogens with zero attached hydrogens (tertiary/aromatic N) is 2. The minimum atomic E-state index is 0.505. The maximum absolute atomic E-state index is 6.46. The van der Waals surface area contributed by atoms with Crippen molar-refractivity contribution in [3.63, 3.8) is 0 Å². The molecule has 4 heteroatoms. The minimum absolute atomic E-state index is 0.505. The van der Waals surface area contributed by atoms with Crippen LogP contribution in [0.1, 0.15) is 11.1 Å². The topological polar surface area (TPSA) is 35.0 Å². The molecular weight excluding hydrogens is 308 g/mol. The van der Waals surface area contributed by atoms with Gasteiger partial charge in [-0.1, -0.05) is 53.6 Å². The summed E-state index contributed by atoms with van der Waals surface area (Å²) in [7, 11) is 0. The largest absolute Gasteiger partial charge is 0.493 e. The minimum Gasteiger partial charge on any atom is -0.493 e. The van der Waals surface area contributed by atoms with Crippen LogP contribution in [0.2, 0.25) is 5.15 Å². The lowest BCUT2D eigenvalue weighted by Gasteiger charge is -2.10. The molecule has 0 spiro atoms. The number of rotatable bonds is 1. The number of hydrogen-bond acceptors (Lipinski definition) is 3. The van der Waals surface area contributed by atoms with Crippen molar-refractivity contribution in [3.8, 4) is 28.4 Å². The zero-order chi connectivity index (χ0) is 15.8. The molecule has 0 atom stereocenters. The van der Waals surface area contributed by atoms with Gasteiger partial charge in [-0.25, -0.2) is 9.97 Å². The fourth-order valence-electron chi connectivity index (χ4n) is 2.78. The number of para-hydroxylation sites is 1. The van der Waals surface area contributed by atoms with Gasteiger partial charge in [-0.2, -0.15) is 0 Å². The molecule has 114 valence electrons. The highest BCUT2D eigenvalue weighted by Gasteiger charge is 2.21. The third-order valence-corrected chi connectivity index (χ3v) is 4.33. The van der Waals surface area contributed by atoms with E-state index < -0.39 is 0 Å². The highest BCUT2D eigenvalue weighted by Crippen LogP contribution is 2.37. The van der Waals surface area contributed by atoms with Gasteiger partial charge in [-0.15, -0.1) is 0 Å². The SMILES string of the molecule is Cc1ccc(-c2nc(Cl)c3c(n2)-c2ccccc2OCC3)cc1. The molecule has 4 rings (SSSR count). The second-order valence-electron chi connectivity index (χ2n) is 5.63. The lowest BCUT2D eigenvalue weighted by atomic mass is 10.0. The van der Waals surface area contributed by atoms with E-state index in [1.54, 1.807) is 0 Å². The Morgan fingerprint density at radius 3 is 2.61 bits per heavy atom. The van der Waals surface area contributed by atoms with E-state index in [4.69, 9.17) is 21.3 Å². The summed E-state index contributed by atoms with van der Waals surface area (Å²) in [6, 6.07) is 16.1. The van der Waals surface area contributed by atoms with Crippen LogP contribution in [-0.2, 0) is 6.42 Å². The first-order chi connectivity index (χ1) is 11.2. The molecule has 1 aliphatic rings. The van der Waals surface area contributed by atoms with Crippen LogP contribution in [0.15, 0.2) is 48.5 Å². The van der Waals surface area contributed by atoms with Crippen molar-refractivity contribution in [1.82, 2.24) is 9.97 Å². The van der Waals surface area contributed by atoms with E-state index >= 15 is 0 Å². The van der Waals surface area contributed by atoms with Crippen LogP contribution in [0.25, 0.3) is 22.6 Å². The molecule has 0 bridgehead atoms. The number of benzene rings is 2. The molecule has 2 heterocycles. The highest BCUT2D eigenvalue weighted by atomic mass is 35.5. The smallest absolute Gasteiger partial charge is 0.161 e. The first-order valence-electron chi connectivity index (χ1n) is 7.58. The van der Waals surface area contributed by atoms with Crippen LogP contribution in [0, 0.1) is 6.92 Å². The van der Waals surface area contributed by atoms with E-state index in [2.05, 4.69) is 24.0 Å². The average Bonchev–Trinajstić information content (AvgIpc) is 2.75. The first-order valence-corrected chi connectivity index (χ1v) is 7.96. The molecule has 0 saturated heterocycles. The Hall–Kier alpha value is -2.39. The Bertz CT molecular complexity index is 875. The number of fused-ring (bicyclic) bond motifs is 3. The summed E-state index contributed by atoms with van der Waals surface area (Å²) in [6.45, 7) is 2.64. The molecule has 0 saturated carbocycles. The summed E-state index contributed by atoms with van der Waals surface area (Å²) in [6.07, 6.45) is 0.705. The van der Waals surface area contributed by atoms with E-state index in [0.717, 1.165) is 28.1 Å². The quantitative estimate of drug-likeness (QED) is 0.609. The predicted octanol–water partition coefficient (Wildman–Crippen LogP) is 4.71. The Morgan fingerprint density at radius 1 is 1.00 bits per heavy atom. The summed E-state index contributed by atoms with van der Waals surface area (Å²) in [5.41, 5.74) is 4.95. The van der Waals surface area contributed by atoms with Crippen molar-refractivity contribution < 1.29 is 4.74 Å². The van der Waals surface area contributed by atoms with Gasteiger partial charge in [-0.05, 0) is 19.1 Å². The Morgan fingerprint density at radius 2 is 1.78 bits per heavy atom. The van der Waals surface area contributed by atoms with Crippen LogP contribution in [0.5, 0.6) is 5.75 Å². The molecule has 0 aliphatic carbocycles. The van der Waals surface area contributed by atoms with Crippen LogP contribution in [0.3, 0.4) is 0 Å². The molecule has 0 fully saturated rings. The molecule has 0 N–H and O–H groups in total. The van der Waals surface area contributed by atoms with E-state index in [9.17, 15) is 0 Å². The summed E-state index contributed by atoms with van der Waals surface area (Å²) < 4.78 is 5.82. The van der Waals surface area contributed by atoms with Gasteiger partial charge in [0.25, 0.3) is 0 Å². The number of aryl methyl sites for hydroxylation is 1. The van der Waals surface area contributed by atoms with Gasteiger partial charge >= 0.3 is 0 Å². The summed E-state index contributed by atoms with van der Waals surface area (Å²) >= 11 is 6.46. The molecule has 23 heavy (non-hydrogen) atoms. The molecule has 3 nitrogen and oxygen atoms in total. The van der Waals surface area contributed by atoms with Gasteiger partial charge in [0.1, 0.15) is 10.9 Å². The average molecular weight is 323 g/mol. The maximum Gasteiger partial charge on any atom is 0.161 e. The van der Waals surface area contributed by atoms with Gasteiger partial charge in [0, 0.05) is 23.1 Å². The van der Waals surface area contributed by atoms with Crippen molar-refractivity contribution in [2.75, 3.05) is 6.61 Å². The highest BCUT2D eigenvalue weighted by molar-refractivity contribution is 6.30. The normalized spacial score (nSPS) is 12.8. The van der Waals surface area contributed by atoms with Crippen molar-refractivity contribution >= 4 is 11.6 Å². The van der Waals surface area contributed by atoms with Crippen molar-refractivity contribution in [3.05, 3.63) is 64.8 Å². The van der Waals surface area contributed by atoms with Crippen LogP contribution < -0.4 is 4.74 Å². The summed E-state index contributed by atoms with van der Waals surface area (Å²) in [4.78, 5) is 9.30. The number of halogens is 1. The lowest BCUT2D eigenvalue weighted by molar-refractivity contribution is 0.326. The molecule has 2 aromatic carbocycles. The number of aromatic nitrogens is 2. The second-order valence-corrected chi connectivity index (χ2v) is 5.98. The fourth-order valence-corrected chi connectivity index (χ4v) is 3.05. The van der Waals surface area contributed by atoms with Crippen molar-refractivity contribution in [2.45, 2.75) is 13.3 Å². The molecule has 0 radical (unpaired) electrons. The van der Waals surface area contributed by atoms with Crippen LogP contribution >= 0.6 is 11.6 Å².